The van der Waals surface area contributed by atoms with Gasteiger partial charge in [0.25, 0.3) is 0 Å². The number of anilines is 1. The van der Waals surface area contributed by atoms with Gasteiger partial charge in [0.1, 0.15) is 11.3 Å². The zero-order chi connectivity index (χ0) is 13.3. The molecule has 0 spiro atoms. The number of likely N-dealkylation sites (N-methyl/N-ethyl adjacent to an activating group) is 1. The summed E-state index contributed by atoms with van der Waals surface area (Å²) >= 11 is 0. The van der Waals surface area contributed by atoms with Gasteiger partial charge in [0.15, 0.2) is 0 Å². The lowest BCUT2D eigenvalue weighted by atomic mass is 10.1. The summed E-state index contributed by atoms with van der Waals surface area (Å²) in [6, 6.07) is 5.40. The Balaban J connectivity index is 2.35. The molecule has 1 aromatic carbocycles. The number of methoxy groups -OCH3 is 1. The summed E-state index contributed by atoms with van der Waals surface area (Å²) in [7, 11) is 3.41. The first-order valence-corrected chi connectivity index (χ1v) is 5.71. The van der Waals surface area contributed by atoms with Crippen LogP contribution < -0.4 is 15.3 Å². The van der Waals surface area contributed by atoms with E-state index >= 15 is 0 Å². The second kappa shape index (κ2) is 4.83. The summed E-state index contributed by atoms with van der Waals surface area (Å²) in [5, 5.41) is 13.0. The lowest BCUT2D eigenvalue weighted by Gasteiger charge is -2.23. The molecule has 98 valence electrons. The van der Waals surface area contributed by atoms with Crippen molar-refractivity contribution >= 4 is 11.7 Å². The Morgan fingerprint density at radius 3 is 2.78 bits per heavy atom. The SMILES string of the molecule is COc1ccc(N2NN(C)CC2C)cc1C(=O)O. The zero-order valence-electron chi connectivity index (χ0n) is 10.7. The molecule has 1 atom stereocenters. The average Bonchev–Trinajstić information content (AvgIpc) is 2.67. The van der Waals surface area contributed by atoms with Gasteiger partial charge in [-0.05, 0) is 25.1 Å². The highest BCUT2D eigenvalue weighted by molar-refractivity contribution is 5.92. The van der Waals surface area contributed by atoms with Gasteiger partial charge in [-0.3, -0.25) is 5.01 Å². The summed E-state index contributed by atoms with van der Waals surface area (Å²) in [5.41, 5.74) is 4.13. The van der Waals surface area contributed by atoms with Gasteiger partial charge in [0.2, 0.25) is 0 Å². The number of benzene rings is 1. The van der Waals surface area contributed by atoms with Gasteiger partial charge in [-0.15, -0.1) is 0 Å². The normalized spacial score (nSPS) is 20.2. The van der Waals surface area contributed by atoms with Crippen LogP contribution in [0.2, 0.25) is 0 Å². The fourth-order valence-corrected chi connectivity index (χ4v) is 2.13. The molecule has 1 aromatic rings. The number of hydrogen-bond acceptors (Lipinski definition) is 5. The number of aromatic carboxylic acids is 1. The Kier molecular flexibility index (Phi) is 3.40. The molecule has 1 saturated heterocycles. The molecule has 1 aliphatic rings. The standard InChI is InChI=1S/C12H17N3O3/c1-8-7-14(2)13-15(8)9-4-5-11(18-3)10(6-9)12(16)17/h4-6,8,13H,7H2,1-3H3,(H,16,17). The van der Waals surface area contributed by atoms with Crippen LogP contribution in [0.4, 0.5) is 5.69 Å². The topological polar surface area (TPSA) is 65.0 Å². The molecule has 0 aromatic heterocycles. The van der Waals surface area contributed by atoms with Crippen molar-refractivity contribution < 1.29 is 14.6 Å². The van der Waals surface area contributed by atoms with Crippen LogP contribution >= 0.6 is 0 Å². The first kappa shape index (κ1) is 12.7. The molecular formula is C12H17N3O3. The minimum absolute atomic E-state index is 0.165. The summed E-state index contributed by atoms with van der Waals surface area (Å²) in [4.78, 5) is 11.2. The molecule has 6 heteroatoms. The van der Waals surface area contributed by atoms with E-state index in [4.69, 9.17) is 9.84 Å². The van der Waals surface area contributed by atoms with Gasteiger partial charge in [-0.2, -0.15) is 5.53 Å². The van der Waals surface area contributed by atoms with Crippen molar-refractivity contribution in [2.24, 2.45) is 0 Å². The molecule has 6 nitrogen and oxygen atoms in total. The minimum atomic E-state index is -0.992. The lowest BCUT2D eigenvalue weighted by Crippen LogP contribution is -2.39. The molecule has 0 amide bonds. The average molecular weight is 251 g/mol. The molecule has 18 heavy (non-hydrogen) atoms. The molecule has 1 unspecified atom stereocenters. The summed E-state index contributed by atoms with van der Waals surface area (Å²) in [6.07, 6.45) is 0. The van der Waals surface area contributed by atoms with E-state index in [2.05, 4.69) is 12.5 Å². The van der Waals surface area contributed by atoms with Crippen LogP contribution in [0.15, 0.2) is 18.2 Å². The van der Waals surface area contributed by atoms with E-state index in [0.717, 1.165) is 12.2 Å². The quantitative estimate of drug-likeness (QED) is 0.834. The molecule has 1 fully saturated rings. The third-order valence-electron chi connectivity index (χ3n) is 2.95. The number of nitrogens with one attached hydrogen (secondary N) is 1. The second-order valence-corrected chi connectivity index (χ2v) is 4.39. The minimum Gasteiger partial charge on any atom is -0.496 e. The van der Waals surface area contributed by atoms with E-state index in [9.17, 15) is 4.79 Å². The number of carboxylic acid groups (broad SMARTS) is 1. The lowest BCUT2D eigenvalue weighted by molar-refractivity contribution is 0.0693. The van der Waals surface area contributed by atoms with Gasteiger partial charge in [-0.25, -0.2) is 9.80 Å². The number of carbonyl (C=O) groups is 1. The fourth-order valence-electron chi connectivity index (χ4n) is 2.13. The molecule has 1 aliphatic heterocycles. The van der Waals surface area contributed by atoms with Crippen molar-refractivity contribution in [1.82, 2.24) is 10.5 Å². The highest BCUT2D eigenvalue weighted by Crippen LogP contribution is 2.26. The van der Waals surface area contributed by atoms with Crippen molar-refractivity contribution in [3.63, 3.8) is 0 Å². The summed E-state index contributed by atoms with van der Waals surface area (Å²) in [6.45, 7) is 2.94. The zero-order valence-corrected chi connectivity index (χ0v) is 10.7. The first-order valence-electron chi connectivity index (χ1n) is 5.71. The van der Waals surface area contributed by atoms with Crippen molar-refractivity contribution in [3.8, 4) is 5.75 Å². The molecule has 1 heterocycles. The molecule has 0 aliphatic carbocycles. The molecule has 0 radical (unpaired) electrons. The first-order chi connectivity index (χ1) is 8.52. The molecule has 0 bridgehead atoms. The van der Waals surface area contributed by atoms with Crippen LogP contribution in [0.1, 0.15) is 17.3 Å². The van der Waals surface area contributed by atoms with Crippen LogP contribution in [0, 0.1) is 0 Å². The highest BCUT2D eigenvalue weighted by Gasteiger charge is 2.25. The van der Waals surface area contributed by atoms with Crippen molar-refractivity contribution in [2.45, 2.75) is 13.0 Å². The van der Waals surface area contributed by atoms with Crippen LogP contribution in [0.25, 0.3) is 0 Å². The maximum atomic E-state index is 11.2. The maximum Gasteiger partial charge on any atom is 0.339 e. The van der Waals surface area contributed by atoms with Gasteiger partial charge in [0, 0.05) is 13.6 Å². The summed E-state index contributed by atoms with van der Waals surface area (Å²) in [5.74, 6) is -0.625. The fraction of sp³-hybridized carbons (Fsp3) is 0.417. The largest absolute Gasteiger partial charge is 0.496 e. The number of hydrazine groups is 2. The molecule has 0 saturated carbocycles. The van der Waals surface area contributed by atoms with Crippen LogP contribution in [0.3, 0.4) is 0 Å². The number of nitrogens with zero attached hydrogens (tertiary/aromatic N) is 2. The predicted molar refractivity (Wildman–Crippen MR) is 67.7 cm³/mol. The van der Waals surface area contributed by atoms with E-state index in [1.807, 2.05) is 23.1 Å². The van der Waals surface area contributed by atoms with Gasteiger partial charge < -0.3 is 9.84 Å². The number of carboxylic acids is 1. The smallest absolute Gasteiger partial charge is 0.339 e. The molecule has 2 rings (SSSR count). The predicted octanol–water partition coefficient (Wildman–Crippen LogP) is 0.953. The van der Waals surface area contributed by atoms with Crippen LogP contribution in [-0.4, -0.2) is 42.8 Å². The summed E-state index contributed by atoms with van der Waals surface area (Å²) < 4.78 is 5.04. The Bertz CT molecular complexity index is 464. The van der Waals surface area contributed by atoms with E-state index in [1.54, 1.807) is 12.1 Å². The van der Waals surface area contributed by atoms with Crippen LogP contribution in [0.5, 0.6) is 5.75 Å². The third kappa shape index (κ3) is 2.25. The molecular weight excluding hydrogens is 234 g/mol. The Morgan fingerprint density at radius 2 is 2.28 bits per heavy atom. The van der Waals surface area contributed by atoms with Gasteiger partial charge in [-0.1, -0.05) is 0 Å². The van der Waals surface area contributed by atoms with Crippen molar-refractivity contribution in [3.05, 3.63) is 23.8 Å². The highest BCUT2D eigenvalue weighted by atomic mass is 16.5. The number of ether oxygens (including phenoxy) is 1. The maximum absolute atomic E-state index is 11.2. The van der Waals surface area contributed by atoms with Gasteiger partial charge in [0.05, 0.1) is 18.8 Å². The monoisotopic (exact) mass is 251 g/mol. The number of hydrogen-bond donors (Lipinski definition) is 2. The molecule has 2 N–H and O–H groups in total. The van der Waals surface area contributed by atoms with E-state index in [-0.39, 0.29) is 11.6 Å². The van der Waals surface area contributed by atoms with Crippen molar-refractivity contribution in [2.75, 3.05) is 25.7 Å². The Labute approximate surface area is 106 Å². The van der Waals surface area contributed by atoms with Crippen molar-refractivity contribution in [1.29, 1.82) is 0 Å². The van der Waals surface area contributed by atoms with E-state index in [0.29, 0.717) is 5.75 Å². The van der Waals surface area contributed by atoms with E-state index < -0.39 is 5.97 Å². The Hall–Kier alpha value is -1.79. The third-order valence-corrected chi connectivity index (χ3v) is 2.95. The second-order valence-electron chi connectivity index (χ2n) is 4.39. The van der Waals surface area contributed by atoms with E-state index in [1.165, 1.54) is 7.11 Å². The Morgan fingerprint density at radius 1 is 1.56 bits per heavy atom. The van der Waals surface area contributed by atoms with Crippen LogP contribution in [-0.2, 0) is 0 Å². The number of rotatable bonds is 3. The van der Waals surface area contributed by atoms with Gasteiger partial charge >= 0.3 is 5.97 Å².